The van der Waals surface area contributed by atoms with E-state index in [0.717, 1.165) is 48.2 Å². The number of nitrogens with one attached hydrogen (secondary N) is 1. The van der Waals surface area contributed by atoms with E-state index in [9.17, 15) is 9.59 Å². The standard InChI is InChI=1S/C26H32N2O2/c1-5-7-8-9-26(30)27-23-13-10-20(11-14-23)21-12-15-25-22(17-21)16-18(3)24(6-2)28(25)19(4)29/h5,10-15,17-18,24H,1,6-9,16H2,2-4H3,(H,27,30). The van der Waals surface area contributed by atoms with Crippen LogP contribution < -0.4 is 10.2 Å². The van der Waals surface area contributed by atoms with Gasteiger partial charge in [0.15, 0.2) is 0 Å². The maximum Gasteiger partial charge on any atom is 0.224 e. The SMILES string of the molecule is C=CCCCC(=O)Nc1ccc(-c2ccc3c(c2)CC(C)C(CC)N3C(C)=O)cc1. The molecule has 4 nitrogen and oxygen atoms in total. The summed E-state index contributed by atoms with van der Waals surface area (Å²) in [6.07, 6.45) is 5.94. The van der Waals surface area contributed by atoms with E-state index in [2.05, 4.69) is 43.9 Å². The Morgan fingerprint density at radius 1 is 1.17 bits per heavy atom. The molecule has 0 saturated carbocycles. The number of fused-ring (bicyclic) bond motifs is 1. The van der Waals surface area contributed by atoms with Crippen molar-refractivity contribution in [2.75, 3.05) is 10.2 Å². The second kappa shape index (κ2) is 9.75. The van der Waals surface area contributed by atoms with Crippen LogP contribution >= 0.6 is 0 Å². The van der Waals surface area contributed by atoms with Gasteiger partial charge in [0.25, 0.3) is 0 Å². The number of anilines is 2. The fourth-order valence-electron chi connectivity index (χ4n) is 4.44. The third-order valence-corrected chi connectivity index (χ3v) is 5.94. The predicted octanol–water partition coefficient (Wildman–Crippen LogP) is 5.97. The Balaban J connectivity index is 1.78. The lowest BCUT2D eigenvalue weighted by Crippen LogP contribution is -2.46. The van der Waals surface area contributed by atoms with Gasteiger partial charge in [-0.2, -0.15) is 0 Å². The van der Waals surface area contributed by atoms with Crippen LogP contribution in [0.5, 0.6) is 0 Å². The van der Waals surface area contributed by atoms with Crippen molar-refractivity contribution in [1.82, 2.24) is 0 Å². The van der Waals surface area contributed by atoms with Crippen LogP contribution in [0.1, 0.15) is 52.0 Å². The number of carbonyl (C=O) groups excluding carboxylic acids is 2. The topological polar surface area (TPSA) is 49.4 Å². The van der Waals surface area contributed by atoms with Gasteiger partial charge in [0.2, 0.25) is 11.8 Å². The first-order valence-corrected chi connectivity index (χ1v) is 10.9. The summed E-state index contributed by atoms with van der Waals surface area (Å²) >= 11 is 0. The van der Waals surface area contributed by atoms with E-state index in [1.54, 1.807) is 6.92 Å². The summed E-state index contributed by atoms with van der Waals surface area (Å²) in [5, 5.41) is 2.95. The highest BCUT2D eigenvalue weighted by molar-refractivity contribution is 5.94. The lowest BCUT2D eigenvalue weighted by atomic mass is 9.84. The van der Waals surface area contributed by atoms with Gasteiger partial charge in [-0.25, -0.2) is 0 Å². The van der Waals surface area contributed by atoms with Crippen LogP contribution in [0.2, 0.25) is 0 Å². The molecule has 0 aromatic heterocycles. The van der Waals surface area contributed by atoms with Crippen LogP contribution in [0.15, 0.2) is 55.1 Å². The lowest BCUT2D eigenvalue weighted by Gasteiger charge is -2.40. The van der Waals surface area contributed by atoms with E-state index >= 15 is 0 Å². The van der Waals surface area contributed by atoms with Crippen molar-refractivity contribution in [3.8, 4) is 11.1 Å². The Morgan fingerprint density at radius 3 is 2.50 bits per heavy atom. The molecule has 1 heterocycles. The minimum atomic E-state index is 0.0298. The first-order chi connectivity index (χ1) is 14.4. The highest BCUT2D eigenvalue weighted by atomic mass is 16.2. The van der Waals surface area contributed by atoms with Gasteiger partial charge in [0, 0.05) is 30.8 Å². The molecule has 2 unspecified atom stereocenters. The number of unbranched alkanes of at least 4 members (excludes halogenated alkanes) is 1. The molecular formula is C26H32N2O2. The zero-order valence-electron chi connectivity index (χ0n) is 18.3. The van der Waals surface area contributed by atoms with Crippen molar-refractivity contribution >= 4 is 23.2 Å². The zero-order chi connectivity index (χ0) is 21.7. The molecule has 1 aliphatic rings. The molecule has 2 aromatic carbocycles. The molecule has 0 saturated heterocycles. The average molecular weight is 405 g/mol. The third kappa shape index (κ3) is 4.81. The molecule has 2 aromatic rings. The quantitative estimate of drug-likeness (QED) is 0.456. The average Bonchev–Trinajstić information content (AvgIpc) is 2.73. The number of nitrogens with zero attached hydrogens (tertiary/aromatic N) is 1. The van der Waals surface area contributed by atoms with Gasteiger partial charge in [0.05, 0.1) is 0 Å². The van der Waals surface area contributed by atoms with Crippen molar-refractivity contribution in [3.05, 3.63) is 60.7 Å². The molecule has 0 bridgehead atoms. The molecule has 30 heavy (non-hydrogen) atoms. The second-order valence-corrected chi connectivity index (χ2v) is 8.20. The monoisotopic (exact) mass is 404 g/mol. The molecule has 2 amide bonds. The number of allylic oxidation sites excluding steroid dienone is 1. The van der Waals surface area contributed by atoms with Gasteiger partial charge < -0.3 is 10.2 Å². The Labute approximate surface area is 180 Å². The van der Waals surface area contributed by atoms with E-state index < -0.39 is 0 Å². The van der Waals surface area contributed by atoms with Crippen LogP contribution in [0, 0.1) is 5.92 Å². The summed E-state index contributed by atoms with van der Waals surface area (Å²) in [5.74, 6) is 0.568. The van der Waals surface area contributed by atoms with Crippen molar-refractivity contribution in [3.63, 3.8) is 0 Å². The first-order valence-electron chi connectivity index (χ1n) is 10.9. The Morgan fingerprint density at radius 2 is 1.87 bits per heavy atom. The largest absolute Gasteiger partial charge is 0.326 e. The molecule has 0 radical (unpaired) electrons. The Hall–Kier alpha value is -2.88. The normalized spacial score (nSPS) is 17.9. The van der Waals surface area contributed by atoms with Crippen molar-refractivity contribution < 1.29 is 9.59 Å². The smallest absolute Gasteiger partial charge is 0.224 e. The molecule has 0 aliphatic carbocycles. The molecule has 1 N–H and O–H groups in total. The fraction of sp³-hybridized carbons (Fsp3) is 0.385. The van der Waals surface area contributed by atoms with Crippen LogP contribution in [0.25, 0.3) is 11.1 Å². The number of rotatable bonds is 7. The van der Waals surface area contributed by atoms with Gasteiger partial charge in [-0.1, -0.05) is 38.1 Å². The van der Waals surface area contributed by atoms with Gasteiger partial charge in [-0.3, -0.25) is 9.59 Å². The summed E-state index contributed by atoms with van der Waals surface area (Å²) < 4.78 is 0. The first kappa shape index (κ1) is 21.8. The molecule has 2 atom stereocenters. The zero-order valence-corrected chi connectivity index (χ0v) is 18.3. The van der Waals surface area contributed by atoms with Gasteiger partial charge in [0.1, 0.15) is 0 Å². The Bertz CT molecular complexity index is 917. The van der Waals surface area contributed by atoms with Crippen molar-refractivity contribution in [2.24, 2.45) is 5.92 Å². The minimum absolute atomic E-state index is 0.0298. The van der Waals surface area contributed by atoms with Gasteiger partial charge >= 0.3 is 0 Å². The molecule has 4 heteroatoms. The number of carbonyl (C=O) groups is 2. The number of amides is 2. The van der Waals surface area contributed by atoms with Crippen LogP contribution in [-0.4, -0.2) is 17.9 Å². The number of benzene rings is 2. The second-order valence-electron chi connectivity index (χ2n) is 8.20. The fourth-order valence-corrected chi connectivity index (χ4v) is 4.44. The molecule has 1 aliphatic heterocycles. The summed E-state index contributed by atoms with van der Waals surface area (Å²) in [4.78, 5) is 26.3. The molecule has 0 fully saturated rings. The van der Waals surface area contributed by atoms with Crippen LogP contribution in [0.3, 0.4) is 0 Å². The molecular weight excluding hydrogens is 372 g/mol. The summed E-state index contributed by atoms with van der Waals surface area (Å²) in [6, 6.07) is 14.6. The Kier molecular flexibility index (Phi) is 7.09. The predicted molar refractivity (Wildman–Crippen MR) is 125 cm³/mol. The van der Waals surface area contributed by atoms with Crippen LogP contribution in [-0.2, 0) is 16.0 Å². The van der Waals surface area contributed by atoms with E-state index in [4.69, 9.17) is 0 Å². The van der Waals surface area contributed by atoms with Crippen LogP contribution in [0.4, 0.5) is 11.4 Å². The lowest BCUT2D eigenvalue weighted by molar-refractivity contribution is -0.117. The van der Waals surface area contributed by atoms with E-state index in [0.29, 0.717) is 12.3 Å². The van der Waals surface area contributed by atoms with E-state index in [1.165, 1.54) is 5.56 Å². The maximum atomic E-state index is 12.3. The molecule has 158 valence electrons. The maximum absolute atomic E-state index is 12.3. The summed E-state index contributed by atoms with van der Waals surface area (Å²) in [5.41, 5.74) is 5.30. The van der Waals surface area contributed by atoms with Gasteiger partial charge in [-0.15, -0.1) is 6.58 Å². The minimum Gasteiger partial charge on any atom is -0.326 e. The summed E-state index contributed by atoms with van der Waals surface area (Å²) in [7, 11) is 0. The van der Waals surface area contributed by atoms with E-state index in [1.807, 2.05) is 35.2 Å². The molecule has 3 rings (SSSR count). The summed E-state index contributed by atoms with van der Waals surface area (Å²) in [6.45, 7) is 9.71. The highest BCUT2D eigenvalue weighted by Gasteiger charge is 2.33. The number of hydrogen-bond donors (Lipinski definition) is 1. The highest BCUT2D eigenvalue weighted by Crippen LogP contribution is 2.37. The third-order valence-electron chi connectivity index (χ3n) is 5.94. The van der Waals surface area contributed by atoms with Crippen molar-refractivity contribution in [2.45, 2.75) is 58.9 Å². The molecule has 0 spiro atoms. The number of hydrogen-bond acceptors (Lipinski definition) is 2. The van der Waals surface area contributed by atoms with Crippen molar-refractivity contribution in [1.29, 1.82) is 0 Å². The van der Waals surface area contributed by atoms with Gasteiger partial charge in [-0.05, 0) is 72.6 Å². The van der Waals surface area contributed by atoms with E-state index in [-0.39, 0.29) is 17.9 Å².